The maximum Gasteiger partial charge on any atom is 0.221 e. The van der Waals surface area contributed by atoms with E-state index in [1.165, 1.54) is 12.1 Å². The van der Waals surface area contributed by atoms with Crippen molar-refractivity contribution in [1.29, 1.82) is 0 Å². The molecule has 0 aliphatic carbocycles. The molecule has 2 aromatic rings. The second-order valence-electron chi connectivity index (χ2n) is 5.92. The van der Waals surface area contributed by atoms with Gasteiger partial charge in [0, 0.05) is 31.1 Å². The number of rotatable bonds is 7. The molecule has 1 atom stereocenters. The number of nitrogens with zero attached hydrogens (tertiary/aromatic N) is 1. The van der Waals surface area contributed by atoms with Crippen molar-refractivity contribution in [3.8, 4) is 0 Å². The number of nitrogens with one attached hydrogen (secondary N) is 1. The van der Waals surface area contributed by atoms with E-state index in [1.807, 2.05) is 42.2 Å². The molecule has 0 heterocycles. The fourth-order valence-electron chi connectivity index (χ4n) is 2.45. The van der Waals surface area contributed by atoms with E-state index in [0.29, 0.717) is 25.1 Å². The number of carbonyl (C=O) groups excluding carboxylic acids is 1. The van der Waals surface area contributed by atoms with Crippen molar-refractivity contribution in [2.75, 3.05) is 13.6 Å². The third kappa shape index (κ3) is 5.42. The van der Waals surface area contributed by atoms with Crippen molar-refractivity contribution in [3.63, 3.8) is 0 Å². The number of carbonyl (C=O) groups is 1. The van der Waals surface area contributed by atoms with Crippen LogP contribution >= 0.6 is 0 Å². The van der Waals surface area contributed by atoms with Gasteiger partial charge in [0.25, 0.3) is 0 Å². The van der Waals surface area contributed by atoms with Crippen LogP contribution in [0.1, 0.15) is 30.5 Å². The highest BCUT2D eigenvalue weighted by molar-refractivity contribution is 5.76. The van der Waals surface area contributed by atoms with Crippen molar-refractivity contribution in [2.24, 2.45) is 0 Å². The highest BCUT2D eigenvalue weighted by Crippen LogP contribution is 2.13. The fourth-order valence-corrected chi connectivity index (χ4v) is 2.45. The summed E-state index contributed by atoms with van der Waals surface area (Å²) in [5.41, 5.74) is 1.46. The van der Waals surface area contributed by atoms with Gasteiger partial charge in [-0.15, -0.1) is 0 Å². The topological polar surface area (TPSA) is 32.3 Å². The molecule has 0 saturated carbocycles. The first-order chi connectivity index (χ1) is 11.5. The van der Waals surface area contributed by atoms with E-state index in [-0.39, 0.29) is 11.9 Å². The summed E-state index contributed by atoms with van der Waals surface area (Å²) in [5, 5.41) is 2.94. The summed E-state index contributed by atoms with van der Waals surface area (Å²) in [6.07, 6.45) is 0.316. The van der Waals surface area contributed by atoms with Gasteiger partial charge in [-0.3, -0.25) is 4.79 Å². The molecular weight excluding hydrogens is 310 g/mol. The molecule has 0 spiro atoms. The van der Waals surface area contributed by atoms with Crippen LogP contribution in [0.2, 0.25) is 0 Å². The van der Waals surface area contributed by atoms with Crippen molar-refractivity contribution in [3.05, 3.63) is 71.3 Å². The van der Waals surface area contributed by atoms with Crippen LogP contribution in [0, 0.1) is 11.6 Å². The quantitative estimate of drug-likeness (QED) is 0.839. The van der Waals surface area contributed by atoms with Crippen LogP contribution in [-0.4, -0.2) is 24.4 Å². The van der Waals surface area contributed by atoms with Crippen molar-refractivity contribution < 1.29 is 13.6 Å². The van der Waals surface area contributed by atoms with Gasteiger partial charge >= 0.3 is 0 Å². The Morgan fingerprint density at radius 2 is 1.88 bits per heavy atom. The second-order valence-corrected chi connectivity index (χ2v) is 5.92. The van der Waals surface area contributed by atoms with Gasteiger partial charge in [-0.25, -0.2) is 8.78 Å². The molecule has 1 amide bonds. The molecule has 3 nitrogen and oxygen atoms in total. The Morgan fingerprint density at radius 3 is 2.54 bits per heavy atom. The van der Waals surface area contributed by atoms with E-state index in [1.54, 1.807) is 7.05 Å². The van der Waals surface area contributed by atoms with Crippen LogP contribution < -0.4 is 5.32 Å². The van der Waals surface area contributed by atoms with E-state index >= 15 is 0 Å². The van der Waals surface area contributed by atoms with E-state index in [0.717, 1.165) is 11.6 Å². The zero-order valence-electron chi connectivity index (χ0n) is 13.9. The largest absolute Gasteiger partial charge is 0.350 e. The Kier molecular flexibility index (Phi) is 6.44. The first-order valence-electron chi connectivity index (χ1n) is 7.92. The lowest BCUT2D eigenvalue weighted by Crippen LogP contribution is -2.30. The minimum atomic E-state index is -0.590. The van der Waals surface area contributed by atoms with Gasteiger partial charge in [0.1, 0.15) is 11.6 Å². The predicted octanol–water partition coefficient (Wildman–Crippen LogP) is 3.66. The minimum absolute atomic E-state index is 0.0569. The molecule has 0 aromatic heterocycles. The summed E-state index contributed by atoms with van der Waals surface area (Å²) >= 11 is 0. The standard InChI is InChI=1S/C19H22F2N2O/c1-14(15-6-4-3-5-7-15)22-19(24)10-11-23(2)13-16-8-9-17(20)12-18(16)21/h3-9,12,14H,10-11,13H2,1-2H3,(H,22,24). The zero-order valence-corrected chi connectivity index (χ0v) is 13.9. The molecule has 128 valence electrons. The van der Waals surface area contributed by atoms with Crippen LogP contribution in [0.5, 0.6) is 0 Å². The van der Waals surface area contributed by atoms with Crippen LogP contribution in [0.15, 0.2) is 48.5 Å². The molecule has 2 aromatic carbocycles. The first-order valence-corrected chi connectivity index (χ1v) is 7.92. The monoisotopic (exact) mass is 332 g/mol. The normalized spacial score (nSPS) is 12.2. The minimum Gasteiger partial charge on any atom is -0.350 e. The lowest BCUT2D eigenvalue weighted by molar-refractivity contribution is -0.122. The fraction of sp³-hybridized carbons (Fsp3) is 0.316. The molecule has 1 N–H and O–H groups in total. The van der Waals surface area contributed by atoms with Gasteiger partial charge in [0.15, 0.2) is 0 Å². The molecule has 0 bridgehead atoms. The number of hydrogen-bond donors (Lipinski definition) is 1. The van der Waals surface area contributed by atoms with Gasteiger partial charge in [-0.2, -0.15) is 0 Å². The molecule has 1 unspecified atom stereocenters. The van der Waals surface area contributed by atoms with Crippen molar-refractivity contribution in [1.82, 2.24) is 10.2 Å². The number of halogens is 2. The average Bonchev–Trinajstić information content (AvgIpc) is 2.56. The van der Waals surface area contributed by atoms with E-state index in [9.17, 15) is 13.6 Å². The molecule has 2 rings (SSSR count). The Morgan fingerprint density at radius 1 is 1.17 bits per heavy atom. The summed E-state index contributed by atoms with van der Waals surface area (Å²) in [6.45, 7) is 2.75. The highest BCUT2D eigenvalue weighted by Gasteiger charge is 2.11. The Labute approximate surface area is 141 Å². The Hall–Kier alpha value is -2.27. The lowest BCUT2D eigenvalue weighted by Gasteiger charge is -2.18. The molecule has 0 saturated heterocycles. The van der Waals surface area contributed by atoms with Crippen LogP contribution in [0.25, 0.3) is 0 Å². The zero-order chi connectivity index (χ0) is 17.5. The first kappa shape index (κ1) is 18.1. The van der Waals surface area contributed by atoms with E-state index < -0.39 is 11.6 Å². The summed E-state index contributed by atoms with van der Waals surface area (Å²) in [5.74, 6) is -1.21. The van der Waals surface area contributed by atoms with E-state index in [4.69, 9.17) is 0 Å². The van der Waals surface area contributed by atoms with Crippen molar-refractivity contribution >= 4 is 5.91 Å². The van der Waals surface area contributed by atoms with Crippen LogP contribution in [0.3, 0.4) is 0 Å². The molecule has 0 aliphatic rings. The SMILES string of the molecule is CC(NC(=O)CCN(C)Cc1ccc(F)cc1F)c1ccccc1. The molecule has 0 radical (unpaired) electrons. The average molecular weight is 332 g/mol. The van der Waals surface area contributed by atoms with Crippen molar-refractivity contribution in [2.45, 2.75) is 25.9 Å². The van der Waals surface area contributed by atoms with Crippen LogP contribution in [0.4, 0.5) is 8.78 Å². The van der Waals surface area contributed by atoms with Crippen LogP contribution in [-0.2, 0) is 11.3 Å². The lowest BCUT2D eigenvalue weighted by atomic mass is 10.1. The Bertz CT molecular complexity index is 676. The summed E-state index contributed by atoms with van der Waals surface area (Å²) in [7, 11) is 1.80. The molecule has 0 fully saturated rings. The van der Waals surface area contributed by atoms with Gasteiger partial charge in [-0.1, -0.05) is 36.4 Å². The predicted molar refractivity (Wildman–Crippen MR) is 90.3 cm³/mol. The smallest absolute Gasteiger partial charge is 0.221 e. The Balaban J connectivity index is 1.78. The summed E-state index contributed by atoms with van der Waals surface area (Å²) in [4.78, 5) is 13.9. The molecule has 0 aliphatic heterocycles. The number of hydrogen-bond acceptors (Lipinski definition) is 2. The van der Waals surface area contributed by atoms with Gasteiger partial charge in [-0.05, 0) is 25.6 Å². The second kappa shape index (κ2) is 8.55. The third-order valence-electron chi connectivity index (χ3n) is 3.85. The molecule has 5 heteroatoms. The third-order valence-corrected chi connectivity index (χ3v) is 3.85. The van der Waals surface area contributed by atoms with Gasteiger partial charge in [0.05, 0.1) is 6.04 Å². The number of benzene rings is 2. The molecular formula is C19H22F2N2O. The maximum atomic E-state index is 13.6. The number of amides is 1. The summed E-state index contributed by atoms with van der Waals surface area (Å²) < 4.78 is 26.5. The maximum absolute atomic E-state index is 13.6. The molecule has 24 heavy (non-hydrogen) atoms. The summed E-state index contributed by atoms with van der Waals surface area (Å²) in [6, 6.07) is 13.2. The van der Waals surface area contributed by atoms with Gasteiger partial charge in [0.2, 0.25) is 5.91 Å². The van der Waals surface area contributed by atoms with Gasteiger partial charge < -0.3 is 10.2 Å². The van der Waals surface area contributed by atoms with E-state index in [2.05, 4.69) is 5.32 Å². The highest BCUT2D eigenvalue weighted by atomic mass is 19.1.